The number of amides is 1. The number of aryl methyl sites for hydroxylation is 2. The van der Waals surface area contributed by atoms with Crippen LogP contribution in [0.15, 0.2) is 39.8 Å². The molecule has 1 amide bonds. The van der Waals surface area contributed by atoms with E-state index < -0.39 is 11.5 Å². The molecule has 0 bridgehead atoms. The first-order valence-corrected chi connectivity index (χ1v) is 8.90. The molecule has 29 heavy (non-hydrogen) atoms. The molecule has 1 N–H and O–H groups in total. The lowest BCUT2D eigenvalue weighted by molar-refractivity contribution is -0.116. The lowest BCUT2D eigenvalue weighted by atomic mass is 10.2. The maximum absolute atomic E-state index is 12.8. The Morgan fingerprint density at radius 2 is 2.10 bits per heavy atom. The van der Waals surface area contributed by atoms with Crippen LogP contribution in [0.1, 0.15) is 35.0 Å². The molecular formula is C20H18N4O5. The average Bonchev–Trinajstić information content (AvgIpc) is 3.05. The number of fused-ring (bicyclic) bond motifs is 1. The van der Waals surface area contributed by atoms with Crippen molar-refractivity contribution in [3.05, 3.63) is 57.8 Å². The summed E-state index contributed by atoms with van der Waals surface area (Å²) in [5.74, 6) is -0.786. The average molecular weight is 394 g/mol. The number of ether oxygens (including phenoxy) is 1. The van der Waals surface area contributed by atoms with Crippen molar-refractivity contribution in [1.82, 2.24) is 9.55 Å². The van der Waals surface area contributed by atoms with Gasteiger partial charge in [0.2, 0.25) is 11.6 Å². The largest absolute Gasteiger partial charge is 0.462 e. The molecule has 0 aliphatic heterocycles. The highest BCUT2D eigenvalue weighted by Crippen LogP contribution is 2.21. The molecule has 0 aliphatic carbocycles. The number of benzene rings is 1. The molecule has 3 aromatic rings. The summed E-state index contributed by atoms with van der Waals surface area (Å²) in [5, 5.41) is 11.8. The number of anilines is 1. The van der Waals surface area contributed by atoms with Crippen LogP contribution in [0.4, 0.5) is 5.69 Å². The summed E-state index contributed by atoms with van der Waals surface area (Å²) in [5.41, 5.74) is 0.325. The van der Waals surface area contributed by atoms with E-state index in [0.717, 1.165) is 0 Å². The van der Waals surface area contributed by atoms with Gasteiger partial charge in [0.25, 0.3) is 5.56 Å². The molecule has 3 rings (SSSR count). The third-order valence-corrected chi connectivity index (χ3v) is 4.24. The fourth-order valence-electron chi connectivity index (χ4n) is 2.87. The minimum absolute atomic E-state index is 0.0266. The molecule has 0 aliphatic rings. The first-order chi connectivity index (χ1) is 14.0. The summed E-state index contributed by atoms with van der Waals surface area (Å²) < 4.78 is 11.6. The van der Waals surface area contributed by atoms with E-state index in [-0.39, 0.29) is 47.9 Å². The molecule has 9 heteroatoms. The highest BCUT2D eigenvalue weighted by atomic mass is 16.5. The summed E-state index contributed by atoms with van der Waals surface area (Å²) in [7, 11) is 0. The van der Waals surface area contributed by atoms with E-state index in [9.17, 15) is 14.4 Å². The number of aromatic nitrogens is 2. The van der Waals surface area contributed by atoms with Crippen LogP contribution in [-0.2, 0) is 16.1 Å². The number of nitriles is 1. The van der Waals surface area contributed by atoms with Gasteiger partial charge in [-0.1, -0.05) is 12.1 Å². The number of hydrogen-bond acceptors (Lipinski definition) is 7. The van der Waals surface area contributed by atoms with Crippen molar-refractivity contribution in [2.45, 2.75) is 26.8 Å². The number of furan rings is 1. The van der Waals surface area contributed by atoms with Crippen LogP contribution >= 0.6 is 0 Å². The lowest BCUT2D eigenvalue weighted by Gasteiger charge is -2.08. The molecule has 0 unspecified atom stereocenters. The molecule has 0 atom stereocenters. The molecule has 0 saturated carbocycles. The van der Waals surface area contributed by atoms with E-state index in [2.05, 4.69) is 10.3 Å². The zero-order valence-corrected chi connectivity index (χ0v) is 15.9. The van der Waals surface area contributed by atoms with Crippen molar-refractivity contribution in [3.63, 3.8) is 0 Å². The van der Waals surface area contributed by atoms with Gasteiger partial charge in [0.1, 0.15) is 29.1 Å². The van der Waals surface area contributed by atoms with Crippen LogP contribution in [-0.4, -0.2) is 28.0 Å². The number of carbonyl (C=O) groups is 2. The van der Waals surface area contributed by atoms with E-state index in [4.69, 9.17) is 14.4 Å². The first kappa shape index (κ1) is 19.8. The van der Waals surface area contributed by atoms with Crippen LogP contribution in [0.2, 0.25) is 0 Å². The van der Waals surface area contributed by atoms with Crippen molar-refractivity contribution < 1.29 is 18.7 Å². The van der Waals surface area contributed by atoms with Gasteiger partial charge in [-0.2, -0.15) is 5.26 Å². The normalized spacial score (nSPS) is 10.5. The minimum Gasteiger partial charge on any atom is -0.462 e. The molecule has 0 fully saturated rings. The number of carbonyl (C=O) groups excluding carboxylic acids is 2. The molecule has 0 saturated heterocycles. The van der Waals surface area contributed by atoms with Crippen molar-refractivity contribution >= 4 is 28.7 Å². The Labute approximate surface area is 165 Å². The highest BCUT2D eigenvalue weighted by molar-refractivity contribution is 6.03. The number of nitrogens with zero attached hydrogens (tertiary/aromatic N) is 3. The third-order valence-electron chi connectivity index (χ3n) is 4.24. The number of para-hydroxylation sites is 1. The van der Waals surface area contributed by atoms with Crippen molar-refractivity contribution in [2.24, 2.45) is 0 Å². The standard InChI is InChI=1S/C20H18N4O5/c1-3-28-20(27)16-12(2)29-18-17(16)19(26)24(11-22-18)9-8-15(25)23-14-7-5-4-6-13(14)10-21/h4-7,11H,3,8-9H2,1-2H3,(H,23,25). The van der Waals surface area contributed by atoms with E-state index in [1.165, 1.54) is 10.9 Å². The van der Waals surface area contributed by atoms with Crippen LogP contribution in [0.3, 0.4) is 0 Å². The smallest absolute Gasteiger partial charge is 0.342 e. The number of hydrogen-bond donors (Lipinski definition) is 1. The van der Waals surface area contributed by atoms with Crippen LogP contribution in [0.25, 0.3) is 11.1 Å². The fourth-order valence-corrected chi connectivity index (χ4v) is 2.87. The van der Waals surface area contributed by atoms with Crippen LogP contribution < -0.4 is 10.9 Å². The van der Waals surface area contributed by atoms with E-state index in [0.29, 0.717) is 11.3 Å². The number of rotatable bonds is 6. The van der Waals surface area contributed by atoms with E-state index in [1.807, 2.05) is 6.07 Å². The Morgan fingerprint density at radius 1 is 1.34 bits per heavy atom. The topological polar surface area (TPSA) is 127 Å². The van der Waals surface area contributed by atoms with Gasteiger partial charge in [-0.3, -0.25) is 14.2 Å². The fraction of sp³-hybridized carbons (Fsp3) is 0.250. The Balaban J connectivity index is 1.82. The predicted molar refractivity (Wildman–Crippen MR) is 103 cm³/mol. The van der Waals surface area contributed by atoms with Gasteiger partial charge in [-0.25, -0.2) is 9.78 Å². The molecule has 2 aromatic heterocycles. The van der Waals surface area contributed by atoms with Gasteiger partial charge >= 0.3 is 5.97 Å². The van der Waals surface area contributed by atoms with Gasteiger partial charge in [0, 0.05) is 13.0 Å². The molecule has 148 valence electrons. The summed E-state index contributed by atoms with van der Waals surface area (Å²) in [4.78, 5) is 41.3. The van der Waals surface area contributed by atoms with Crippen molar-refractivity contribution in [2.75, 3.05) is 11.9 Å². The molecule has 0 spiro atoms. The summed E-state index contributed by atoms with van der Waals surface area (Å²) >= 11 is 0. The maximum Gasteiger partial charge on any atom is 0.342 e. The number of nitrogens with one attached hydrogen (secondary N) is 1. The zero-order valence-electron chi connectivity index (χ0n) is 15.9. The number of esters is 1. The van der Waals surface area contributed by atoms with Gasteiger partial charge in [0.15, 0.2) is 0 Å². The summed E-state index contributed by atoms with van der Waals surface area (Å²) in [6, 6.07) is 8.62. The monoisotopic (exact) mass is 394 g/mol. The van der Waals surface area contributed by atoms with Crippen LogP contribution in [0, 0.1) is 18.3 Å². The first-order valence-electron chi connectivity index (χ1n) is 8.90. The maximum atomic E-state index is 12.8. The second-order valence-electron chi connectivity index (χ2n) is 6.13. The summed E-state index contributed by atoms with van der Waals surface area (Å²) in [6.07, 6.45) is 1.23. The van der Waals surface area contributed by atoms with E-state index in [1.54, 1.807) is 38.1 Å². The van der Waals surface area contributed by atoms with Crippen molar-refractivity contribution in [3.8, 4) is 6.07 Å². The Morgan fingerprint density at radius 3 is 2.83 bits per heavy atom. The van der Waals surface area contributed by atoms with Gasteiger partial charge in [0.05, 0.1) is 17.9 Å². The lowest BCUT2D eigenvalue weighted by Crippen LogP contribution is -2.24. The Bertz CT molecular complexity index is 1190. The molecule has 0 radical (unpaired) electrons. The second kappa shape index (κ2) is 8.39. The predicted octanol–water partition coefficient (Wildman–Crippen LogP) is 2.38. The Hall–Kier alpha value is -3.93. The SMILES string of the molecule is CCOC(=O)c1c(C)oc2ncn(CCC(=O)Nc3ccccc3C#N)c(=O)c12. The molecule has 1 aromatic carbocycles. The minimum atomic E-state index is -0.661. The van der Waals surface area contributed by atoms with Gasteiger partial charge < -0.3 is 14.5 Å². The van der Waals surface area contributed by atoms with Gasteiger partial charge in [-0.05, 0) is 26.0 Å². The third kappa shape index (κ3) is 4.01. The molecule has 2 heterocycles. The highest BCUT2D eigenvalue weighted by Gasteiger charge is 2.24. The van der Waals surface area contributed by atoms with Crippen LogP contribution in [0.5, 0.6) is 0 Å². The summed E-state index contributed by atoms with van der Waals surface area (Å²) in [6.45, 7) is 3.41. The quantitative estimate of drug-likeness (QED) is 0.636. The van der Waals surface area contributed by atoms with Crippen molar-refractivity contribution in [1.29, 1.82) is 5.26 Å². The Kier molecular flexibility index (Phi) is 5.74. The molecular weight excluding hydrogens is 376 g/mol. The van der Waals surface area contributed by atoms with Gasteiger partial charge in [-0.15, -0.1) is 0 Å². The second-order valence-corrected chi connectivity index (χ2v) is 6.13. The van der Waals surface area contributed by atoms with E-state index >= 15 is 0 Å². The zero-order chi connectivity index (χ0) is 21.0. The molecule has 9 nitrogen and oxygen atoms in total.